The van der Waals surface area contributed by atoms with E-state index >= 15 is 0 Å². The van der Waals surface area contributed by atoms with E-state index in [0.29, 0.717) is 31.2 Å². The van der Waals surface area contributed by atoms with Crippen molar-refractivity contribution in [3.63, 3.8) is 0 Å². The number of benzene rings is 2. The third kappa shape index (κ3) is 7.85. The Hall–Kier alpha value is -2.33. The zero-order valence-electron chi connectivity index (χ0n) is 22.7. The van der Waals surface area contributed by atoms with Gasteiger partial charge in [0, 0.05) is 35.8 Å². The third-order valence-electron chi connectivity index (χ3n) is 6.72. The maximum absolute atomic E-state index is 14.1. The molecule has 0 aliphatic rings. The molecule has 0 saturated heterocycles. The summed E-state index contributed by atoms with van der Waals surface area (Å²) >= 11 is 0. The summed E-state index contributed by atoms with van der Waals surface area (Å²) < 4.78 is 60.3. The molecule has 1 heterocycles. The monoisotopic (exact) mass is 560 g/mol. The first kappa shape index (κ1) is 30.2. The second kappa shape index (κ2) is 14.2. The zero-order chi connectivity index (χ0) is 27.6. The van der Waals surface area contributed by atoms with E-state index in [-0.39, 0.29) is 22.4 Å². The number of fused-ring (bicyclic) bond motifs is 1. The normalized spacial score (nSPS) is 13.3. The van der Waals surface area contributed by atoms with Crippen LogP contribution in [0.25, 0.3) is 10.8 Å². The molecule has 0 saturated carbocycles. The van der Waals surface area contributed by atoms with Gasteiger partial charge >= 0.3 is 0 Å². The largest absolute Gasteiger partial charge is 0.296 e. The number of hydrogen-bond donors (Lipinski definition) is 0. The van der Waals surface area contributed by atoms with Crippen molar-refractivity contribution in [2.75, 3.05) is 13.2 Å². The number of hydrogen-bond acceptors (Lipinski definition) is 6. The van der Waals surface area contributed by atoms with Crippen LogP contribution in [-0.4, -0.2) is 45.3 Å². The maximum atomic E-state index is 14.1. The Labute approximate surface area is 228 Å². The molecule has 2 aromatic carbocycles. The summed E-state index contributed by atoms with van der Waals surface area (Å²) in [5, 5.41) is 1.44. The van der Waals surface area contributed by atoms with Gasteiger partial charge in [0.2, 0.25) is 10.0 Å². The first-order valence-corrected chi connectivity index (χ1v) is 16.4. The quantitative estimate of drug-likeness (QED) is 0.147. The molecule has 0 radical (unpaired) electrons. The number of nitrogens with zero attached hydrogens (tertiary/aromatic N) is 2. The van der Waals surface area contributed by atoms with Crippen molar-refractivity contribution in [2.24, 2.45) is 0 Å². The first-order valence-electron chi connectivity index (χ1n) is 13.5. The Morgan fingerprint density at radius 2 is 1.63 bits per heavy atom. The van der Waals surface area contributed by atoms with Crippen LogP contribution in [0.5, 0.6) is 0 Å². The summed E-state index contributed by atoms with van der Waals surface area (Å²) in [6.45, 7) is 6.49. The van der Waals surface area contributed by atoms with Crippen LogP contribution in [0.2, 0.25) is 0 Å². The van der Waals surface area contributed by atoms with Gasteiger partial charge in [0.05, 0.1) is 16.4 Å². The van der Waals surface area contributed by atoms with E-state index < -0.39 is 20.1 Å². The number of rotatable bonds is 16. The van der Waals surface area contributed by atoms with Gasteiger partial charge in [-0.1, -0.05) is 69.4 Å². The molecule has 1 atom stereocenters. The molecule has 0 N–H and O–H groups in total. The van der Waals surface area contributed by atoms with Gasteiger partial charge in [-0.2, -0.15) is 12.7 Å². The molecule has 0 spiro atoms. The van der Waals surface area contributed by atoms with Crippen molar-refractivity contribution in [1.82, 2.24) is 9.29 Å². The Balaban J connectivity index is 1.80. The van der Waals surface area contributed by atoms with Crippen LogP contribution in [0.15, 0.2) is 70.7 Å². The fourth-order valence-electron chi connectivity index (χ4n) is 4.66. The van der Waals surface area contributed by atoms with Crippen LogP contribution in [0, 0.1) is 6.92 Å². The predicted octanol–water partition coefficient (Wildman–Crippen LogP) is 6.47. The average molecular weight is 561 g/mol. The summed E-state index contributed by atoms with van der Waals surface area (Å²) in [5.74, 6) is 0. The molecule has 208 valence electrons. The Morgan fingerprint density at radius 3 is 2.34 bits per heavy atom. The van der Waals surface area contributed by atoms with Gasteiger partial charge < -0.3 is 0 Å². The Kier molecular flexibility index (Phi) is 11.3. The summed E-state index contributed by atoms with van der Waals surface area (Å²) in [4.78, 5) is 4.55. The van der Waals surface area contributed by atoms with Gasteiger partial charge in [0.1, 0.15) is 0 Å². The lowest BCUT2D eigenvalue weighted by molar-refractivity contribution is 0.249. The molecule has 0 aliphatic heterocycles. The lowest BCUT2D eigenvalue weighted by Gasteiger charge is -2.31. The van der Waals surface area contributed by atoms with Gasteiger partial charge in [-0.3, -0.25) is 9.17 Å². The number of pyridine rings is 1. The summed E-state index contributed by atoms with van der Waals surface area (Å²) in [6.07, 6.45) is 9.57. The minimum absolute atomic E-state index is 0.0000828. The molecule has 7 nitrogen and oxygen atoms in total. The maximum Gasteiger partial charge on any atom is 0.296 e. The van der Waals surface area contributed by atoms with Gasteiger partial charge in [-0.15, -0.1) is 0 Å². The molecule has 0 aliphatic carbocycles. The van der Waals surface area contributed by atoms with E-state index in [4.69, 9.17) is 4.18 Å². The molecule has 1 aromatic heterocycles. The summed E-state index contributed by atoms with van der Waals surface area (Å²) in [5.41, 5.74) is 0.967. The second-order valence-electron chi connectivity index (χ2n) is 9.70. The summed E-state index contributed by atoms with van der Waals surface area (Å²) in [6, 6.07) is 13.3. The minimum Gasteiger partial charge on any atom is -0.266 e. The molecule has 38 heavy (non-hydrogen) atoms. The molecular weight excluding hydrogens is 520 g/mol. The Morgan fingerprint density at radius 1 is 0.868 bits per heavy atom. The molecular formula is C29H40N2O5S2. The highest BCUT2D eigenvalue weighted by Gasteiger charge is 2.32. The van der Waals surface area contributed by atoms with Crippen LogP contribution in [0.1, 0.15) is 70.8 Å². The fourth-order valence-corrected chi connectivity index (χ4v) is 7.55. The SMILES string of the molecule is CCCCCCN(C(CCC)CCCOS(=O)(=O)c1ccc(C)cc1)S(=O)(=O)c1cccc2cnccc12. The van der Waals surface area contributed by atoms with E-state index in [1.165, 1.54) is 12.1 Å². The number of aromatic nitrogens is 1. The van der Waals surface area contributed by atoms with Crippen LogP contribution >= 0.6 is 0 Å². The highest BCUT2D eigenvalue weighted by molar-refractivity contribution is 7.89. The molecule has 9 heteroatoms. The van der Waals surface area contributed by atoms with Crippen molar-refractivity contribution in [2.45, 2.75) is 88.0 Å². The van der Waals surface area contributed by atoms with Gasteiger partial charge in [0.15, 0.2) is 0 Å². The average Bonchev–Trinajstić information content (AvgIpc) is 2.90. The van der Waals surface area contributed by atoms with E-state index in [1.807, 2.05) is 19.9 Å². The molecule has 0 fully saturated rings. The lowest BCUT2D eigenvalue weighted by Crippen LogP contribution is -2.41. The predicted molar refractivity (Wildman–Crippen MR) is 152 cm³/mol. The third-order valence-corrected chi connectivity index (χ3v) is 10.1. The van der Waals surface area contributed by atoms with Crippen molar-refractivity contribution in [3.8, 4) is 0 Å². The smallest absolute Gasteiger partial charge is 0.266 e. The highest BCUT2D eigenvalue weighted by Crippen LogP contribution is 2.29. The van der Waals surface area contributed by atoms with Crippen molar-refractivity contribution < 1.29 is 21.0 Å². The van der Waals surface area contributed by atoms with Crippen LogP contribution in [-0.2, 0) is 24.3 Å². The van der Waals surface area contributed by atoms with Crippen molar-refractivity contribution in [1.29, 1.82) is 0 Å². The molecule has 3 rings (SSSR count). The molecule has 0 amide bonds. The lowest BCUT2D eigenvalue weighted by atomic mass is 10.1. The van der Waals surface area contributed by atoms with Gasteiger partial charge in [-0.05, 0) is 56.9 Å². The highest BCUT2D eigenvalue weighted by atomic mass is 32.2. The second-order valence-corrected chi connectivity index (χ2v) is 13.2. The molecule has 0 bridgehead atoms. The van der Waals surface area contributed by atoms with E-state index in [9.17, 15) is 16.8 Å². The van der Waals surface area contributed by atoms with Crippen molar-refractivity contribution in [3.05, 3.63) is 66.5 Å². The molecule has 3 aromatic rings. The Bertz CT molecular complexity index is 1370. The topological polar surface area (TPSA) is 93.6 Å². The minimum atomic E-state index is -3.86. The molecule has 1 unspecified atom stereocenters. The number of unbranched alkanes of at least 4 members (excludes halogenated alkanes) is 3. The van der Waals surface area contributed by atoms with Crippen LogP contribution in [0.4, 0.5) is 0 Å². The van der Waals surface area contributed by atoms with Crippen LogP contribution < -0.4 is 0 Å². The summed E-state index contributed by atoms with van der Waals surface area (Å²) in [7, 11) is -7.66. The van der Waals surface area contributed by atoms with Gasteiger partial charge in [0.25, 0.3) is 10.1 Å². The van der Waals surface area contributed by atoms with Crippen molar-refractivity contribution >= 4 is 30.9 Å². The van der Waals surface area contributed by atoms with Gasteiger partial charge in [-0.25, -0.2) is 8.42 Å². The standard InChI is InChI=1S/C29H40N2O5S2/c1-4-6-7-8-21-31(37(32,33)29-14-9-12-25-23-30-20-19-28(25)29)26(11-5-2)13-10-22-36-38(34,35)27-17-15-24(3)16-18-27/h9,12,14-20,23,26H,4-8,10-11,13,21-22H2,1-3H3. The number of aryl methyl sites for hydroxylation is 1. The van der Waals surface area contributed by atoms with E-state index in [1.54, 1.807) is 47.0 Å². The fraction of sp³-hybridized carbons (Fsp3) is 0.483. The van der Waals surface area contributed by atoms with Crippen LogP contribution in [0.3, 0.4) is 0 Å². The zero-order valence-corrected chi connectivity index (χ0v) is 24.3. The van der Waals surface area contributed by atoms with E-state index in [2.05, 4.69) is 11.9 Å². The number of sulfonamides is 1. The first-order chi connectivity index (χ1) is 18.2. The van der Waals surface area contributed by atoms with E-state index in [0.717, 1.165) is 43.1 Å².